The topological polar surface area (TPSA) is 112 Å². The van der Waals surface area contributed by atoms with Crippen molar-refractivity contribution in [1.82, 2.24) is 19.9 Å². The Morgan fingerprint density at radius 2 is 1.55 bits per heavy atom. The third-order valence-corrected chi connectivity index (χ3v) is 9.29. The van der Waals surface area contributed by atoms with Gasteiger partial charge in [0.15, 0.2) is 0 Å². The van der Waals surface area contributed by atoms with E-state index in [4.69, 9.17) is 19.2 Å². The van der Waals surface area contributed by atoms with Crippen LogP contribution in [0.3, 0.4) is 0 Å². The van der Waals surface area contributed by atoms with Crippen molar-refractivity contribution in [3.8, 4) is 22.8 Å². The number of carbonyl (C=O) groups excluding carboxylic acids is 1. The summed E-state index contributed by atoms with van der Waals surface area (Å²) in [4.78, 5) is 39.1. The fourth-order valence-electron chi connectivity index (χ4n) is 6.75. The van der Waals surface area contributed by atoms with Gasteiger partial charge in [-0.1, -0.05) is 18.2 Å². The van der Waals surface area contributed by atoms with Gasteiger partial charge in [-0.3, -0.25) is 4.79 Å². The van der Waals surface area contributed by atoms with Crippen LogP contribution in [0, 0.1) is 0 Å². The Bertz CT molecular complexity index is 2080. The van der Waals surface area contributed by atoms with Crippen LogP contribution >= 0.6 is 0 Å². The second-order valence-electron chi connectivity index (χ2n) is 13.6. The number of carbonyl (C=O) groups is 1. The largest absolute Gasteiger partial charge is 0.497 e. The Morgan fingerprint density at radius 3 is 2.18 bits per heavy atom. The highest BCUT2D eigenvalue weighted by Gasteiger charge is 2.33. The van der Waals surface area contributed by atoms with E-state index >= 15 is 0 Å². The lowest BCUT2D eigenvalue weighted by Crippen LogP contribution is -2.50. The second-order valence-corrected chi connectivity index (χ2v) is 13.6. The van der Waals surface area contributed by atoms with Gasteiger partial charge in [0.2, 0.25) is 0 Å². The minimum atomic E-state index is -0.538. The molecule has 2 aromatic heterocycles. The number of amides is 1. The number of nitrogens with zero attached hydrogens (tertiary/aromatic N) is 4. The van der Waals surface area contributed by atoms with Crippen molar-refractivity contribution in [2.45, 2.75) is 45.9 Å². The summed E-state index contributed by atoms with van der Waals surface area (Å²) in [6.07, 6.45) is -0.291. The highest BCUT2D eigenvalue weighted by atomic mass is 16.6. The number of aromatic amines is 1. The highest BCUT2D eigenvalue weighted by Crippen LogP contribution is 2.44. The van der Waals surface area contributed by atoms with E-state index in [0.29, 0.717) is 43.8 Å². The first kappa shape index (κ1) is 32.3. The number of hydrogen-bond donors (Lipinski definition) is 2. The number of benzene rings is 3. The Morgan fingerprint density at radius 1 is 0.898 bits per heavy atom. The van der Waals surface area contributed by atoms with Crippen molar-refractivity contribution in [1.29, 1.82) is 0 Å². The normalized spacial score (nSPS) is 16.5. The molecule has 254 valence electrons. The maximum Gasteiger partial charge on any atom is 0.410 e. The zero-order valence-electron chi connectivity index (χ0n) is 28.8. The van der Waals surface area contributed by atoms with Gasteiger partial charge in [-0.15, -0.1) is 0 Å². The number of piperazine rings is 1. The fraction of sp³-hybridized carbons (Fsp3) is 0.342. The van der Waals surface area contributed by atoms with Crippen LogP contribution in [0.25, 0.3) is 32.9 Å². The summed E-state index contributed by atoms with van der Waals surface area (Å²) in [6, 6.07) is 21.8. The molecule has 49 heavy (non-hydrogen) atoms. The minimum absolute atomic E-state index is 0.0809. The van der Waals surface area contributed by atoms with Gasteiger partial charge < -0.3 is 34.4 Å². The first-order valence-corrected chi connectivity index (χ1v) is 16.6. The Labute approximate surface area is 285 Å². The van der Waals surface area contributed by atoms with Crippen molar-refractivity contribution in [3.63, 3.8) is 0 Å². The molecule has 1 unspecified atom stereocenters. The van der Waals surface area contributed by atoms with Gasteiger partial charge in [0.1, 0.15) is 22.9 Å². The van der Waals surface area contributed by atoms with Crippen LogP contribution in [0.5, 0.6) is 11.5 Å². The van der Waals surface area contributed by atoms with E-state index in [0.717, 1.165) is 56.0 Å². The van der Waals surface area contributed by atoms with E-state index in [1.54, 1.807) is 19.1 Å². The number of ether oxygens (including phenoxy) is 3. The van der Waals surface area contributed by atoms with Gasteiger partial charge in [0.05, 0.1) is 36.9 Å². The summed E-state index contributed by atoms with van der Waals surface area (Å²) in [5.74, 6) is 2.26. The molecule has 11 nitrogen and oxygen atoms in total. The number of anilines is 2. The summed E-state index contributed by atoms with van der Waals surface area (Å²) in [6.45, 7) is 10.8. The van der Waals surface area contributed by atoms with E-state index in [-0.39, 0.29) is 17.7 Å². The Kier molecular flexibility index (Phi) is 8.32. The van der Waals surface area contributed by atoms with Crippen molar-refractivity contribution < 1.29 is 19.0 Å². The van der Waals surface area contributed by atoms with E-state index < -0.39 is 5.60 Å². The van der Waals surface area contributed by atoms with E-state index in [9.17, 15) is 9.59 Å². The predicted octanol–water partition coefficient (Wildman–Crippen LogP) is 6.72. The zero-order valence-corrected chi connectivity index (χ0v) is 28.8. The number of hydrogen-bond acceptors (Lipinski definition) is 9. The molecular formula is C38H42N6O5. The minimum Gasteiger partial charge on any atom is -0.497 e. The van der Waals surface area contributed by atoms with Crippen molar-refractivity contribution >= 4 is 39.3 Å². The zero-order chi connectivity index (χ0) is 34.4. The maximum atomic E-state index is 14.1. The predicted molar refractivity (Wildman–Crippen MR) is 192 cm³/mol. The molecule has 3 aromatic carbocycles. The molecule has 1 fully saturated rings. The average molecular weight is 663 g/mol. The van der Waals surface area contributed by atoms with Crippen LogP contribution < -0.4 is 25.4 Å². The van der Waals surface area contributed by atoms with Crippen LogP contribution in [-0.4, -0.2) is 72.0 Å². The molecule has 2 aliphatic rings. The van der Waals surface area contributed by atoms with Crippen molar-refractivity contribution in [3.05, 3.63) is 88.2 Å². The number of H-pyrrole nitrogens is 1. The summed E-state index contributed by atoms with van der Waals surface area (Å²) >= 11 is 0. The summed E-state index contributed by atoms with van der Waals surface area (Å²) in [5, 5.41) is 4.53. The molecule has 2 aliphatic heterocycles. The van der Waals surface area contributed by atoms with Crippen LogP contribution in [-0.2, 0) is 11.3 Å². The van der Waals surface area contributed by atoms with E-state index in [1.807, 2.05) is 63.2 Å². The number of hydrazine groups is 1. The van der Waals surface area contributed by atoms with Gasteiger partial charge >= 0.3 is 6.09 Å². The number of pyridine rings is 2. The van der Waals surface area contributed by atoms with Gasteiger partial charge in [-0.25, -0.2) is 14.8 Å². The smallest absolute Gasteiger partial charge is 0.410 e. The monoisotopic (exact) mass is 662 g/mol. The fourth-order valence-corrected chi connectivity index (χ4v) is 6.75. The molecule has 5 aromatic rings. The molecule has 2 N–H and O–H groups in total. The molecule has 4 heterocycles. The second kappa shape index (κ2) is 12.6. The molecule has 7 rings (SSSR count). The van der Waals surface area contributed by atoms with Gasteiger partial charge in [0, 0.05) is 60.3 Å². The molecule has 1 atom stereocenters. The van der Waals surface area contributed by atoms with Crippen LogP contribution in [0.15, 0.2) is 71.5 Å². The molecule has 0 aliphatic carbocycles. The molecule has 0 spiro atoms. The molecule has 11 heteroatoms. The van der Waals surface area contributed by atoms with Gasteiger partial charge in [0.25, 0.3) is 5.56 Å². The standard InChI is InChI=1S/C38H42N6O5/c1-23-31-32-29-16-11-26(42-17-19-43(20-18-42)37(46)49-38(2,3)4)21-30(29)39-36(45)33(32)34(25-9-14-28(48-6)15-10-25)40-35(31)41-44(23)22-24-7-12-27(47-5)13-8-24/h7-16,21,23H,17-20,22H2,1-6H3,(H,39,45)(H,40,41). The Balaban J connectivity index is 1.29. The number of rotatable bonds is 6. The molecular weight excluding hydrogens is 620 g/mol. The molecule has 1 amide bonds. The number of methoxy groups -OCH3 is 2. The third-order valence-electron chi connectivity index (χ3n) is 9.29. The first-order chi connectivity index (χ1) is 23.5. The van der Waals surface area contributed by atoms with E-state index in [1.165, 1.54) is 0 Å². The molecule has 0 radical (unpaired) electrons. The van der Waals surface area contributed by atoms with Crippen LogP contribution in [0.1, 0.15) is 44.9 Å². The molecule has 0 bridgehead atoms. The number of nitrogens with one attached hydrogen (secondary N) is 2. The van der Waals surface area contributed by atoms with Crippen molar-refractivity contribution in [2.24, 2.45) is 0 Å². The SMILES string of the molecule is COc1ccc(CN2Nc3nc(-c4ccc(OC)cc4)c4c(=O)[nH]c5cc(N6CCN(C(=O)OC(C)(C)C)CC6)ccc5c4c3C2C)cc1. The summed E-state index contributed by atoms with van der Waals surface area (Å²) in [7, 11) is 3.29. The first-order valence-electron chi connectivity index (χ1n) is 16.6. The van der Waals surface area contributed by atoms with Gasteiger partial charge in [-0.05, 0) is 81.8 Å². The number of fused-ring (bicyclic) bond motifs is 5. The lowest BCUT2D eigenvalue weighted by Gasteiger charge is -2.36. The van der Waals surface area contributed by atoms with Crippen molar-refractivity contribution in [2.75, 3.05) is 50.7 Å². The quantitative estimate of drug-likeness (QED) is 0.191. The maximum absolute atomic E-state index is 14.1. The Hall–Kier alpha value is -5.29. The summed E-state index contributed by atoms with van der Waals surface area (Å²) in [5.41, 5.74) is 8.09. The van der Waals surface area contributed by atoms with Crippen LogP contribution in [0.2, 0.25) is 0 Å². The van der Waals surface area contributed by atoms with Crippen LogP contribution in [0.4, 0.5) is 16.3 Å². The lowest BCUT2D eigenvalue weighted by atomic mass is 9.95. The highest BCUT2D eigenvalue weighted by molar-refractivity contribution is 6.13. The third kappa shape index (κ3) is 6.22. The number of aromatic nitrogens is 2. The average Bonchev–Trinajstić information content (AvgIpc) is 3.41. The summed E-state index contributed by atoms with van der Waals surface area (Å²) < 4.78 is 16.3. The van der Waals surface area contributed by atoms with E-state index in [2.05, 4.69) is 51.5 Å². The lowest BCUT2D eigenvalue weighted by molar-refractivity contribution is 0.0240. The molecule has 1 saturated heterocycles. The van der Waals surface area contributed by atoms with Gasteiger partial charge in [-0.2, -0.15) is 0 Å². The molecule has 0 saturated carbocycles.